The van der Waals surface area contributed by atoms with Crippen molar-refractivity contribution in [3.8, 4) is 0 Å². The Kier molecular flexibility index (Phi) is 139. The van der Waals surface area contributed by atoms with Gasteiger partial charge < -0.3 is 11.8 Å². The first-order valence-corrected chi connectivity index (χ1v) is 1.33. The van der Waals surface area contributed by atoms with E-state index in [0.717, 1.165) is 0 Å². The van der Waals surface area contributed by atoms with Gasteiger partial charge in [-0.2, -0.15) is 13.1 Å². The number of hydrogen-bond donors (Lipinski definition) is 0. The van der Waals surface area contributed by atoms with Crippen molar-refractivity contribution >= 4 is 0 Å². The smallest absolute Gasteiger partial charge is 0 e. The monoisotopic (exact) mass is 549 g/mol. The third-order valence-electron chi connectivity index (χ3n) is 0.154. The SMILES string of the molecule is CC[CH-]F.[CH3-].[U].[V].[W]. The molecule has 0 saturated carbocycles. The van der Waals surface area contributed by atoms with E-state index in [1.165, 1.54) is 0 Å². The van der Waals surface area contributed by atoms with Gasteiger partial charge >= 0.3 is 0 Å². The molecule has 1 radical (unpaired) electrons. The second-order valence-corrected chi connectivity index (χ2v) is 0.563. The molecule has 4 heteroatoms. The summed E-state index contributed by atoms with van der Waals surface area (Å²) in [5, 5.41) is 0. The van der Waals surface area contributed by atoms with Gasteiger partial charge in [-0.25, -0.2) is 0 Å². The summed E-state index contributed by atoms with van der Waals surface area (Å²) in [6.07, 6.45) is 0.528. The molecule has 0 aliphatic carbocycles. The Hall–Kier alpha value is 2.25. The van der Waals surface area contributed by atoms with Gasteiger partial charge in [0.25, 0.3) is 0 Å². The number of rotatable bonds is 1. The van der Waals surface area contributed by atoms with Crippen molar-refractivity contribution in [2.45, 2.75) is 13.3 Å². The summed E-state index contributed by atoms with van der Waals surface area (Å²) in [5.74, 6) is 0. The van der Waals surface area contributed by atoms with E-state index >= 15 is 0 Å². The van der Waals surface area contributed by atoms with Gasteiger partial charge in [0.15, 0.2) is 0 Å². The molecule has 0 aromatic rings. The van der Waals surface area contributed by atoms with E-state index in [1.54, 1.807) is 6.92 Å². The quantitative estimate of drug-likeness (QED) is 0.440. The zero-order chi connectivity index (χ0) is 3.41. The maximum atomic E-state index is 10.6. The van der Waals surface area contributed by atoms with E-state index in [-0.39, 0.29) is 78.2 Å². The minimum absolute atomic E-state index is 0. The standard InChI is InChI=1S/C3H6F.CH3.U.V.W/c1-2-3-4;;;;/h3H,2H2,1H3;1H3;;;/q2*-1;;;. The Morgan fingerprint density at radius 3 is 1.62 bits per heavy atom. The van der Waals surface area contributed by atoms with Crippen molar-refractivity contribution in [3.05, 3.63) is 14.1 Å². The predicted octanol–water partition coefficient (Wildman–Crippen LogP) is 1.97. The molecule has 0 nitrogen and oxygen atoms in total. The van der Waals surface area contributed by atoms with Crippen LogP contribution in [0.4, 0.5) is 4.39 Å². The molecule has 0 rings (SSSR count). The molecule has 0 aliphatic rings. The van der Waals surface area contributed by atoms with Gasteiger partial charge in [0, 0.05) is 70.7 Å². The first-order valence-electron chi connectivity index (χ1n) is 1.33. The average molecular weight is 549 g/mol. The molecule has 0 aliphatic heterocycles. The normalized spacial score (nSPS) is 3.75. The number of hydrogen-bond acceptors (Lipinski definition) is 0. The van der Waals surface area contributed by atoms with E-state index in [1.807, 2.05) is 0 Å². The zero-order valence-corrected chi connectivity index (χ0v) is 13.5. The first kappa shape index (κ1) is 31.8. The minimum Gasteiger partial charge on any atom is -0.459 e. The molecule has 0 N–H and O–H groups in total. The van der Waals surface area contributed by atoms with Crippen LogP contribution in [0.1, 0.15) is 13.3 Å². The Morgan fingerprint density at radius 2 is 1.62 bits per heavy atom. The summed E-state index contributed by atoms with van der Waals surface area (Å²) in [6.45, 7) is 2.38. The summed E-state index contributed by atoms with van der Waals surface area (Å²) in [7, 11) is 0. The van der Waals surface area contributed by atoms with Gasteiger partial charge in [-0.3, -0.25) is 0 Å². The maximum absolute atomic E-state index is 10.6. The summed E-state index contributed by atoms with van der Waals surface area (Å²) >= 11 is 0. The van der Waals surface area contributed by atoms with Crippen LogP contribution in [0.15, 0.2) is 0 Å². The van der Waals surface area contributed by atoms with Gasteiger partial charge in [0.1, 0.15) is 0 Å². The molecule has 0 spiro atoms. The van der Waals surface area contributed by atoms with Crippen molar-refractivity contribution in [2.24, 2.45) is 0 Å². The molecule has 0 atom stereocenters. The van der Waals surface area contributed by atoms with E-state index in [2.05, 4.69) is 0 Å². The zero-order valence-electron chi connectivity index (χ0n) is 5.02. The van der Waals surface area contributed by atoms with Crippen LogP contribution in [0.25, 0.3) is 0 Å². The molecule has 0 bridgehead atoms. The molecule has 0 amide bonds. The molecule has 8 heavy (non-hydrogen) atoms. The van der Waals surface area contributed by atoms with Gasteiger partial charge in [0.2, 0.25) is 0 Å². The summed E-state index contributed by atoms with van der Waals surface area (Å²) in [5.41, 5.74) is 0. The van der Waals surface area contributed by atoms with Crippen LogP contribution in [0.2, 0.25) is 0 Å². The second kappa shape index (κ2) is 34.8. The van der Waals surface area contributed by atoms with Crippen molar-refractivity contribution < 1.29 is 75.1 Å². The summed E-state index contributed by atoms with van der Waals surface area (Å²) in [4.78, 5) is 0. The van der Waals surface area contributed by atoms with Crippen molar-refractivity contribution in [1.82, 2.24) is 0 Å². The van der Waals surface area contributed by atoms with Crippen LogP contribution < -0.4 is 0 Å². The van der Waals surface area contributed by atoms with Gasteiger partial charge in [-0.05, 0) is 0 Å². The first-order chi connectivity index (χ1) is 1.91. The van der Waals surface area contributed by atoms with E-state index in [4.69, 9.17) is 0 Å². The Morgan fingerprint density at radius 1 is 1.50 bits per heavy atom. The third-order valence-corrected chi connectivity index (χ3v) is 0.154. The molecule has 0 heterocycles. The fourth-order valence-electron chi connectivity index (χ4n) is 0. The molecule has 49 valence electrons. The third kappa shape index (κ3) is 41.0. The summed E-state index contributed by atoms with van der Waals surface area (Å²) in [6, 6.07) is 0. The van der Waals surface area contributed by atoms with Crippen molar-refractivity contribution in [1.29, 1.82) is 0 Å². The van der Waals surface area contributed by atoms with Gasteiger partial charge in [-0.1, -0.05) is 6.92 Å². The molecular weight excluding hydrogens is 540 g/mol. The molecule has 0 aromatic heterocycles. The van der Waals surface area contributed by atoms with Gasteiger partial charge in [0.05, 0.1) is 0 Å². The Bertz CT molecular complexity index is 18.0. The average Bonchev–Trinajstić information content (AvgIpc) is 1.37. The Labute approximate surface area is 101 Å². The molecule has 0 fully saturated rings. The van der Waals surface area contributed by atoms with Crippen LogP contribution in [0.5, 0.6) is 0 Å². The van der Waals surface area contributed by atoms with Crippen LogP contribution in [-0.2, 0) is 39.6 Å². The largest absolute Gasteiger partial charge is 0.459 e. The molecular formula is C4H9FUVW-2. The van der Waals surface area contributed by atoms with E-state index in [9.17, 15) is 4.39 Å². The minimum atomic E-state index is 0. The van der Waals surface area contributed by atoms with Crippen LogP contribution in [0, 0.1) is 45.2 Å². The van der Waals surface area contributed by atoms with E-state index < -0.39 is 0 Å². The molecule has 0 saturated heterocycles. The van der Waals surface area contributed by atoms with Crippen molar-refractivity contribution in [3.63, 3.8) is 0 Å². The van der Waals surface area contributed by atoms with Crippen LogP contribution in [-0.4, -0.2) is 0 Å². The number of halogens is 1. The van der Waals surface area contributed by atoms with Gasteiger partial charge in [-0.15, -0.1) is 0 Å². The predicted molar refractivity (Wildman–Crippen MR) is 22.1 cm³/mol. The van der Waals surface area contributed by atoms with Crippen LogP contribution in [0.3, 0.4) is 0 Å². The van der Waals surface area contributed by atoms with E-state index in [0.29, 0.717) is 13.1 Å². The topological polar surface area (TPSA) is 0 Å². The van der Waals surface area contributed by atoms with Crippen LogP contribution >= 0.6 is 0 Å². The fourth-order valence-corrected chi connectivity index (χ4v) is 0. The fraction of sp³-hybridized carbons (Fsp3) is 0.500. The summed E-state index contributed by atoms with van der Waals surface area (Å²) < 4.78 is 10.6. The maximum Gasteiger partial charge on any atom is 0 e. The molecule has 0 unspecified atom stereocenters. The second-order valence-electron chi connectivity index (χ2n) is 0.563. The Balaban J connectivity index is -0.00000000750. The molecule has 0 aromatic carbocycles. The van der Waals surface area contributed by atoms with Crippen molar-refractivity contribution in [2.75, 3.05) is 0 Å².